The zero-order valence-electron chi connectivity index (χ0n) is 17.2. The van der Waals surface area contributed by atoms with Crippen LogP contribution in [0.1, 0.15) is 40.5 Å². The first kappa shape index (κ1) is 21.5. The highest BCUT2D eigenvalue weighted by Crippen LogP contribution is 2.37. The Kier molecular flexibility index (Phi) is 6.12. The summed E-state index contributed by atoms with van der Waals surface area (Å²) in [5, 5.41) is 4.27. The number of halogens is 1. The molecule has 0 atom stereocenters. The molecule has 0 saturated carbocycles. The minimum Gasteiger partial charge on any atom is -0.351 e. The van der Waals surface area contributed by atoms with E-state index in [2.05, 4.69) is 11.4 Å². The lowest BCUT2D eigenvalue weighted by Gasteiger charge is -2.13. The molecule has 0 bridgehead atoms. The van der Waals surface area contributed by atoms with Crippen LogP contribution in [0.25, 0.3) is 22.6 Å². The molecule has 0 saturated heterocycles. The largest absolute Gasteiger partial charge is 0.351 e. The molecule has 160 valence electrons. The first-order valence-electron chi connectivity index (χ1n) is 10.2. The van der Waals surface area contributed by atoms with Gasteiger partial charge in [0.2, 0.25) is 0 Å². The standard InChI is InChI=1S/C24H23ClN2O3S/c1-2-31(29,30)14-13-26-24(28)22-19-5-3-4-6-21(19)27-23-17(9-12-20(22)23)15-16-7-10-18(25)11-8-16/h3-8,10-11,15H,2,9,12-14H2,1H3,(H,26,28)/b17-15-. The van der Waals surface area contributed by atoms with Crippen molar-refractivity contribution in [1.82, 2.24) is 10.3 Å². The molecule has 5 nitrogen and oxygen atoms in total. The SMILES string of the molecule is CCS(=O)(=O)CCNC(=O)c1c2c(nc3ccccc13)/C(=C\c1ccc(Cl)cc1)CC2. The molecule has 1 heterocycles. The Bertz CT molecular complexity index is 1280. The average molecular weight is 455 g/mol. The van der Waals surface area contributed by atoms with Crippen LogP contribution in [0, 0.1) is 0 Å². The maximum Gasteiger partial charge on any atom is 0.252 e. The first-order chi connectivity index (χ1) is 14.9. The molecule has 1 aliphatic carbocycles. The fraction of sp³-hybridized carbons (Fsp3) is 0.250. The molecule has 0 spiro atoms. The molecule has 3 aromatic rings. The fourth-order valence-electron chi connectivity index (χ4n) is 3.85. The van der Waals surface area contributed by atoms with E-state index in [9.17, 15) is 13.2 Å². The molecule has 0 unspecified atom stereocenters. The van der Waals surface area contributed by atoms with Crippen LogP contribution in [-0.4, -0.2) is 37.4 Å². The number of nitrogens with one attached hydrogen (secondary N) is 1. The Morgan fingerprint density at radius 2 is 1.87 bits per heavy atom. The number of para-hydroxylation sites is 1. The summed E-state index contributed by atoms with van der Waals surface area (Å²) < 4.78 is 23.6. The summed E-state index contributed by atoms with van der Waals surface area (Å²) in [6.45, 7) is 1.70. The minimum absolute atomic E-state index is 0.0648. The van der Waals surface area contributed by atoms with Crippen LogP contribution in [0.2, 0.25) is 5.02 Å². The number of pyridine rings is 1. The molecule has 0 aliphatic heterocycles. The predicted octanol–water partition coefficient (Wildman–Crippen LogP) is 4.54. The average Bonchev–Trinajstić information content (AvgIpc) is 3.15. The predicted molar refractivity (Wildman–Crippen MR) is 126 cm³/mol. The molecule has 1 aliphatic rings. The number of nitrogens with zero attached hydrogens (tertiary/aromatic N) is 1. The van der Waals surface area contributed by atoms with Crippen molar-refractivity contribution in [3.05, 3.63) is 75.9 Å². The van der Waals surface area contributed by atoms with Crippen LogP contribution in [0.3, 0.4) is 0 Å². The molecule has 7 heteroatoms. The normalized spacial score (nSPS) is 14.7. The fourth-order valence-corrected chi connectivity index (χ4v) is 4.68. The highest BCUT2D eigenvalue weighted by Gasteiger charge is 2.26. The van der Waals surface area contributed by atoms with Gasteiger partial charge in [0.1, 0.15) is 0 Å². The van der Waals surface area contributed by atoms with Gasteiger partial charge < -0.3 is 5.32 Å². The number of fused-ring (bicyclic) bond motifs is 2. The number of aromatic nitrogens is 1. The quantitative estimate of drug-likeness (QED) is 0.593. The van der Waals surface area contributed by atoms with Crippen LogP contribution in [-0.2, 0) is 16.3 Å². The lowest BCUT2D eigenvalue weighted by Crippen LogP contribution is -2.30. The first-order valence-corrected chi connectivity index (χ1v) is 12.4. The smallest absolute Gasteiger partial charge is 0.252 e. The van der Waals surface area contributed by atoms with Gasteiger partial charge in [-0.05, 0) is 53.8 Å². The van der Waals surface area contributed by atoms with Crippen LogP contribution >= 0.6 is 11.6 Å². The minimum atomic E-state index is -3.14. The van der Waals surface area contributed by atoms with E-state index in [0.29, 0.717) is 17.0 Å². The van der Waals surface area contributed by atoms with E-state index in [4.69, 9.17) is 16.6 Å². The highest BCUT2D eigenvalue weighted by atomic mass is 35.5. The van der Waals surface area contributed by atoms with E-state index in [1.165, 1.54) is 0 Å². The Morgan fingerprint density at radius 1 is 1.13 bits per heavy atom. The van der Waals surface area contributed by atoms with Gasteiger partial charge in [0, 0.05) is 22.7 Å². The van der Waals surface area contributed by atoms with E-state index >= 15 is 0 Å². The Labute approximate surface area is 187 Å². The zero-order valence-corrected chi connectivity index (χ0v) is 18.8. The number of benzene rings is 2. The van der Waals surface area contributed by atoms with E-state index in [1.807, 2.05) is 48.5 Å². The number of hydrogen-bond donors (Lipinski definition) is 1. The summed E-state index contributed by atoms with van der Waals surface area (Å²) in [6.07, 6.45) is 3.58. The van der Waals surface area contributed by atoms with Crippen molar-refractivity contribution in [2.75, 3.05) is 18.1 Å². The van der Waals surface area contributed by atoms with Crippen molar-refractivity contribution in [2.45, 2.75) is 19.8 Å². The summed E-state index contributed by atoms with van der Waals surface area (Å²) in [6, 6.07) is 15.2. The van der Waals surface area contributed by atoms with Crippen LogP contribution in [0.5, 0.6) is 0 Å². The van der Waals surface area contributed by atoms with Crippen LogP contribution in [0.4, 0.5) is 0 Å². The molecule has 1 amide bonds. The summed E-state index contributed by atoms with van der Waals surface area (Å²) in [4.78, 5) is 18.0. The van der Waals surface area contributed by atoms with Crippen molar-refractivity contribution in [3.63, 3.8) is 0 Å². The third kappa shape index (κ3) is 4.65. The number of allylic oxidation sites excluding steroid dienone is 1. The van der Waals surface area contributed by atoms with Gasteiger partial charge in [-0.2, -0.15) is 0 Å². The molecule has 2 aromatic carbocycles. The third-order valence-electron chi connectivity index (χ3n) is 5.52. The molecular formula is C24H23ClN2O3S. The van der Waals surface area contributed by atoms with Crippen molar-refractivity contribution in [2.24, 2.45) is 0 Å². The van der Waals surface area contributed by atoms with E-state index < -0.39 is 9.84 Å². The maximum absolute atomic E-state index is 13.1. The van der Waals surface area contributed by atoms with Gasteiger partial charge in [-0.3, -0.25) is 4.79 Å². The van der Waals surface area contributed by atoms with Crippen molar-refractivity contribution in [1.29, 1.82) is 0 Å². The highest BCUT2D eigenvalue weighted by molar-refractivity contribution is 7.91. The summed E-state index contributed by atoms with van der Waals surface area (Å²) in [5.41, 5.74) is 5.18. The van der Waals surface area contributed by atoms with Crippen molar-refractivity contribution >= 4 is 49.9 Å². The Balaban J connectivity index is 1.73. The second kappa shape index (κ2) is 8.81. The molecule has 1 N–H and O–H groups in total. The molecule has 0 fully saturated rings. The molecule has 1 aromatic heterocycles. The maximum atomic E-state index is 13.1. The van der Waals surface area contributed by atoms with Crippen LogP contribution in [0.15, 0.2) is 48.5 Å². The van der Waals surface area contributed by atoms with Gasteiger partial charge in [0.25, 0.3) is 5.91 Å². The van der Waals surface area contributed by atoms with E-state index in [1.54, 1.807) is 6.92 Å². The Morgan fingerprint density at radius 3 is 2.61 bits per heavy atom. The number of hydrogen-bond acceptors (Lipinski definition) is 4. The number of carbonyl (C=O) groups excluding carboxylic acids is 1. The van der Waals surface area contributed by atoms with Crippen molar-refractivity contribution < 1.29 is 13.2 Å². The van der Waals surface area contributed by atoms with Gasteiger partial charge in [-0.15, -0.1) is 0 Å². The summed E-state index contributed by atoms with van der Waals surface area (Å²) in [5.74, 6) is -0.258. The zero-order chi connectivity index (χ0) is 22.0. The van der Waals surface area contributed by atoms with Gasteiger partial charge in [-0.1, -0.05) is 48.9 Å². The monoisotopic (exact) mass is 454 g/mol. The Hall–Kier alpha value is -2.70. The molecular weight excluding hydrogens is 432 g/mol. The number of carbonyl (C=O) groups is 1. The summed E-state index contributed by atoms with van der Waals surface area (Å²) in [7, 11) is -3.14. The lowest BCUT2D eigenvalue weighted by molar-refractivity contribution is 0.0957. The van der Waals surface area contributed by atoms with E-state index in [-0.39, 0.29) is 24.0 Å². The molecule has 4 rings (SSSR count). The second-order valence-electron chi connectivity index (χ2n) is 7.54. The summed E-state index contributed by atoms with van der Waals surface area (Å²) >= 11 is 5.99. The molecule has 0 radical (unpaired) electrons. The molecule has 31 heavy (non-hydrogen) atoms. The van der Waals surface area contributed by atoms with Gasteiger partial charge in [-0.25, -0.2) is 13.4 Å². The van der Waals surface area contributed by atoms with E-state index in [0.717, 1.165) is 39.7 Å². The third-order valence-corrected chi connectivity index (χ3v) is 7.48. The van der Waals surface area contributed by atoms with Gasteiger partial charge >= 0.3 is 0 Å². The second-order valence-corrected chi connectivity index (χ2v) is 10.5. The number of amides is 1. The van der Waals surface area contributed by atoms with Gasteiger partial charge in [0.15, 0.2) is 9.84 Å². The number of rotatable bonds is 6. The topological polar surface area (TPSA) is 76.1 Å². The number of sulfone groups is 1. The van der Waals surface area contributed by atoms with Gasteiger partial charge in [0.05, 0.1) is 22.5 Å². The van der Waals surface area contributed by atoms with Crippen molar-refractivity contribution in [3.8, 4) is 0 Å². The lowest BCUT2D eigenvalue weighted by atomic mass is 10.00. The van der Waals surface area contributed by atoms with Crippen LogP contribution < -0.4 is 5.32 Å².